The molecule has 0 amide bonds. The Hall–Kier alpha value is -1.29. The number of rotatable bonds is 8. The predicted octanol–water partition coefficient (Wildman–Crippen LogP) is 4.12. The lowest BCUT2D eigenvalue weighted by molar-refractivity contribution is -0.133. The molecule has 0 saturated heterocycles. The van der Waals surface area contributed by atoms with Crippen molar-refractivity contribution in [3.05, 3.63) is 28.8 Å². The lowest BCUT2D eigenvalue weighted by Crippen LogP contribution is -2.01. The molecule has 3 nitrogen and oxygen atoms in total. The van der Waals surface area contributed by atoms with E-state index in [1.165, 1.54) is 36.6 Å². The molecule has 1 N–H and O–H groups in total. The Balaban J connectivity index is 2.15. The number of benzene rings is 1. The van der Waals surface area contributed by atoms with Crippen LogP contribution < -0.4 is 0 Å². The molecule has 0 saturated carbocycles. The highest BCUT2D eigenvalue weighted by atomic mass is 32.2. The first kappa shape index (κ1) is 16.1. The van der Waals surface area contributed by atoms with Crippen LogP contribution in [-0.2, 0) is 17.6 Å². The van der Waals surface area contributed by atoms with Gasteiger partial charge in [-0.2, -0.15) is 0 Å². The van der Waals surface area contributed by atoms with Crippen molar-refractivity contribution in [3.8, 4) is 0 Å². The number of Topliss-reactive ketones (excluding diaryl/α,β-unsaturated/α-hetero) is 1. The van der Waals surface area contributed by atoms with Gasteiger partial charge in [-0.15, -0.1) is 11.8 Å². The summed E-state index contributed by atoms with van der Waals surface area (Å²) in [5.74, 6) is -0.571. The van der Waals surface area contributed by atoms with Crippen molar-refractivity contribution in [2.45, 2.75) is 56.8 Å². The Labute approximate surface area is 130 Å². The van der Waals surface area contributed by atoms with Crippen molar-refractivity contribution in [1.29, 1.82) is 0 Å². The fourth-order valence-corrected chi connectivity index (χ4v) is 3.56. The number of carbonyl (C=O) groups excluding carboxylic acids is 1. The van der Waals surface area contributed by atoms with Crippen molar-refractivity contribution in [2.75, 3.05) is 5.75 Å². The number of aryl methyl sites for hydroxylation is 2. The average Bonchev–Trinajstić information content (AvgIpc) is 2.81. The van der Waals surface area contributed by atoms with Gasteiger partial charge in [-0.1, -0.05) is 32.3 Å². The molecule has 0 fully saturated rings. The fraction of sp³-hybridized carbons (Fsp3) is 0.529. The maximum absolute atomic E-state index is 11.8. The molecule has 21 heavy (non-hydrogen) atoms. The summed E-state index contributed by atoms with van der Waals surface area (Å²) in [5.41, 5.74) is 3.16. The van der Waals surface area contributed by atoms with E-state index in [2.05, 4.69) is 13.0 Å². The van der Waals surface area contributed by atoms with Crippen LogP contribution in [0.2, 0.25) is 0 Å². The largest absolute Gasteiger partial charge is 0.481 e. The van der Waals surface area contributed by atoms with Gasteiger partial charge in [0, 0.05) is 16.9 Å². The summed E-state index contributed by atoms with van der Waals surface area (Å²) < 4.78 is 0. The van der Waals surface area contributed by atoms with Gasteiger partial charge in [0.1, 0.15) is 0 Å². The summed E-state index contributed by atoms with van der Waals surface area (Å²) in [6.07, 6.45) is 7.18. The standard InChI is InChI=1S/C17H22O3S/c1-2-3-4-5-6-13-9-12-7-8-15(18)14(12)10-16(13)21-11-17(19)20/h9-10H,2-8,11H2,1H3,(H,19,20). The van der Waals surface area contributed by atoms with Crippen LogP contribution in [-0.4, -0.2) is 22.6 Å². The number of ketones is 1. The first-order valence-electron chi connectivity index (χ1n) is 7.65. The Kier molecular flexibility index (Phi) is 5.85. The summed E-state index contributed by atoms with van der Waals surface area (Å²) in [6.45, 7) is 2.19. The lowest BCUT2D eigenvalue weighted by Gasteiger charge is -2.11. The van der Waals surface area contributed by atoms with Crippen LogP contribution in [0.15, 0.2) is 17.0 Å². The molecule has 0 atom stereocenters. The molecule has 1 aliphatic rings. The molecule has 1 aromatic rings. The highest BCUT2D eigenvalue weighted by Gasteiger charge is 2.21. The van der Waals surface area contributed by atoms with Crippen LogP contribution in [0, 0.1) is 0 Å². The summed E-state index contributed by atoms with van der Waals surface area (Å²) >= 11 is 1.34. The van der Waals surface area contributed by atoms with E-state index in [4.69, 9.17) is 5.11 Å². The maximum Gasteiger partial charge on any atom is 0.313 e. The lowest BCUT2D eigenvalue weighted by atomic mass is 10.0. The van der Waals surface area contributed by atoms with E-state index in [-0.39, 0.29) is 11.5 Å². The first-order valence-corrected chi connectivity index (χ1v) is 8.64. The second-order valence-electron chi connectivity index (χ2n) is 5.53. The van der Waals surface area contributed by atoms with Crippen LogP contribution in [0.1, 0.15) is 60.5 Å². The van der Waals surface area contributed by atoms with Gasteiger partial charge < -0.3 is 5.11 Å². The summed E-state index contributed by atoms with van der Waals surface area (Å²) in [5, 5.41) is 8.87. The normalized spacial score (nSPS) is 13.5. The molecule has 0 spiro atoms. The van der Waals surface area contributed by atoms with E-state index >= 15 is 0 Å². The molecular formula is C17H22O3S. The van der Waals surface area contributed by atoms with Crippen LogP contribution in [0.4, 0.5) is 0 Å². The third-order valence-corrected chi connectivity index (χ3v) is 4.94. The minimum absolute atomic E-state index is 0.0505. The Morgan fingerprint density at radius 2 is 2.05 bits per heavy atom. The second-order valence-corrected chi connectivity index (χ2v) is 6.55. The third kappa shape index (κ3) is 4.34. The zero-order chi connectivity index (χ0) is 15.2. The van der Waals surface area contributed by atoms with Crippen LogP contribution in [0.5, 0.6) is 0 Å². The number of carboxylic acids is 1. The quantitative estimate of drug-likeness (QED) is 0.580. The number of hydrogen-bond donors (Lipinski definition) is 1. The zero-order valence-corrected chi connectivity index (χ0v) is 13.3. The van der Waals surface area contributed by atoms with Crippen molar-refractivity contribution in [1.82, 2.24) is 0 Å². The van der Waals surface area contributed by atoms with E-state index in [1.807, 2.05) is 6.07 Å². The number of carbonyl (C=O) groups is 2. The molecule has 0 radical (unpaired) electrons. The van der Waals surface area contributed by atoms with Crippen LogP contribution in [0.25, 0.3) is 0 Å². The topological polar surface area (TPSA) is 54.4 Å². The van der Waals surface area contributed by atoms with Gasteiger partial charge in [0.2, 0.25) is 0 Å². The Morgan fingerprint density at radius 3 is 2.76 bits per heavy atom. The smallest absolute Gasteiger partial charge is 0.313 e. The molecule has 0 unspecified atom stereocenters. The zero-order valence-electron chi connectivity index (χ0n) is 12.5. The number of carboxylic acid groups (broad SMARTS) is 1. The molecule has 0 aromatic heterocycles. The highest BCUT2D eigenvalue weighted by molar-refractivity contribution is 8.00. The van der Waals surface area contributed by atoms with Gasteiger partial charge >= 0.3 is 5.97 Å². The Morgan fingerprint density at radius 1 is 1.24 bits per heavy atom. The average molecular weight is 306 g/mol. The van der Waals surface area contributed by atoms with Gasteiger partial charge in [-0.3, -0.25) is 9.59 Å². The minimum atomic E-state index is -0.816. The summed E-state index contributed by atoms with van der Waals surface area (Å²) in [4.78, 5) is 23.6. The molecule has 1 aliphatic carbocycles. The van der Waals surface area contributed by atoms with Gasteiger partial charge in [0.15, 0.2) is 5.78 Å². The van der Waals surface area contributed by atoms with Gasteiger partial charge in [-0.25, -0.2) is 0 Å². The molecule has 114 valence electrons. The molecule has 4 heteroatoms. The number of thioether (sulfide) groups is 1. The molecular weight excluding hydrogens is 284 g/mol. The fourth-order valence-electron chi connectivity index (χ4n) is 2.74. The van der Waals surface area contributed by atoms with Crippen LogP contribution >= 0.6 is 11.8 Å². The maximum atomic E-state index is 11.8. The number of hydrogen-bond acceptors (Lipinski definition) is 3. The molecule has 1 aromatic carbocycles. The predicted molar refractivity (Wildman–Crippen MR) is 85.3 cm³/mol. The highest BCUT2D eigenvalue weighted by Crippen LogP contribution is 2.32. The number of unbranched alkanes of at least 4 members (excludes halogenated alkanes) is 3. The van der Waals surface area contributed by atoms with Crippen molar-refractivity contribution < 1.29 is 14.7 Å². The van der Waals surface area contributed by atoms with Crippen molar-refractivity contribution in [3.63, 3.8) is 0 Å². The SMILES string of the molecule is CCCCCCc1cc2c(cc1SCC(=O)O)C(=O)CC2. The monoisotopic (exact) mass is 306 g/mol. The summed E-state index contributed by atoms with van der Waals surface area (Å²) in [7, 11) is 0. The molecule has 0 aliphatic heterocycles. The number of aliphatic carboxylic acids is 1. The van der Waals surface area contributed by atoms with Gasteiger partial charge in [-0.05, 0) is 36.5 Å². The Bertz CT molecular complexity index is 537. The van der Waals surface area contributed by atoms with Crippen molar-refractivity contribution >= 4 is 23.5 Å². The minimum Gasteiger partial charge on any atom is -0.481 e. The van der Waals surface area contributed by atoms with E-state index in [0.29, 0.717) is 6.42 Å². The van der Waals surface area contributed by atoms with E-state index in [0.717, 1.165) is 35.3 Å². The van der Waals surface area contributed by atoms with Gasteiger partial charge in [0.05, 0.1) is 5.75 Å². The summed E-state index contributed by atoms with van der Waals surface area (Å²) in [6, 6.07) is 4.06. The number of fused-ring (bicyclic) bond motifs is 1. The van der Waals surface area contributed by atoms with Gasteiger partial charge in [0.25, 0.3) is 0 Å². The van der Waals surface area contributed by atoms with E-state index in [9.17, 15) is 9.59 Å². The van der Waals surface area contributed by atoms with Crippen LogP contribution in [0.3, 0.4) is 0 Å². The molecule has 0 heterocycles. The molecule has 0 bridgehead atoms. The first-order chi connectivity index (χ1) is 10.1. The second kappa shape index (κ2) is 7.64. The third-order valence-electron chi connectivity index (χ3n) is 3.86. The molecule has 2 rings (SSSR count). The van der Waals surface area contributed by atoms with E-state index < -0.39 is 5.97 Å². The van der Waals surface area contributed by atoms with Crippen molar-refractivity contribution in [2.24, 2.45) is 0 Å². The van der Waals surface area contributed by atoms with E-state index in [1.54, 1.807) is 0 Å².